The van der Waals surface area contributed by atoms with Gasteiger partial charge in [-0.2, -0.15) is 0 Å². The minimum Gasteiger partial charge on any atom is -0.313 e. The fraction of sp³-hybridized carbons (Fsp3) is 0.667. The summed E-state index contributed by atoms with van der Waals surface area (Å²) in [5, 5.41) is 3.78. The highest BCUT2D eigenvalue weighted by atomic mass is 32.2. The van der Waals surface area contributed by atoms with Gasteiger partial charge in [0.1, 0.15) is 0 Å². The second kappa shape index (κ2) is 7.55. The maximum Gasteiger partial charge on any atom is 0.0249 e. The first-order valence-corrected chi connectivity index (χ1v) is 9.95. The topological polar surface area (TPSA) is 29.1 Å². The van der Waals surface area contributed by atoms with Crippen molar-refractivity contribution in [3.8, 4) is 0 Å². The summed E-state index contributed by atoms with van der Waals surface area (Å²) in [6.07, 6.45) is 7.73. The molecule has 1 N–H and O–H groups in total. The number of nitrogens with one attached hydrogen (secondary N) is 1. The van der Waals surface area contributed by atoms with Gasteiger partial charge in [-0.1, -0.05) is 43.2 Å². The third-order valence-electron chi connectivity index (χ3n) is 5.21. The standard InChI is InChI=1S/C18H27NOS/c20-21-12-10-17(11-13-21)19-14-18(16-8-4-5-9-16)15-6-2-1-3-7-15/h1-3,6-7,16-19H,4-5,8-14H2. The predicted molar refractivity (Wildman–Crippen MR) is 90.0 cm³/mol. The molecule has 1 unspecified atom stereocenters. The second-order valence-electron chi connectivity index (χ2n) is 6.59. The monoisotopic (exact) mass is 305 g/mol. The lowest BCUT2D eigenvalue weighted by Gasteiger charge is -2.29. The Kier molecular flexibility index (Phi) is 5.48. The third kappa shape index (κ3) is 4.17. The molecular weight excluding hydrogens is 278 g/mol. The number of hydrogen-bond acceptors (Lipinski definition) is 2. The van der Waals surface area contributed by atoms with Gasteiger partial charge in [-0.15, -0.1) is 0 Å². The lowest BCUT2D eigenvalue weighted by Crippen LogP contribution is -2.39. The van der Waals surface area contributed by atoms with E-state index in [1.165, 1.54) is 31.2 Å². The lowest BCUT2D eigenvalue weighted by molar-refractivity contribution is 0.376. The first-order valence-electron chi connectivity index (χ1n) is 8.46. The maximum absolute atomic E-state index is 11.5. The quantitative estimate of drug-likeness (QED) is 0.902. The number of hydrogen-bond donors (Lipinski definition) is 1. The molecule has 1 aromatic carbocycles. The molecule has 3 heteroatoms. The Balaban J connectivity index is 1.61. The van der Waals surface area contributed by atoms with E-state index in [0.29, 0.717) is 12.0 Å². The molecular formula is C18H27NOS. The second-order valence-corrected chi connectivity index (χ2v) is 8.29. The molecule has 2 nitrogen and oxygen atoms in total. The van der Waals surface area contributed by atoms with E-state index in [-0.39, 0.29) is 0 Å². The molecule has 0 bridgehead atoms. The van der Waals surface area contributed by atoms with Gasteiger partial charge in [0.05, 0.1) is 0 Å². The van der Waals surface area contributed by atoms with E-state index in [4.69, 9.17) is 0 Å². The average Bonchev–Trinajstić information content (AvgIpc) is 3.05. The zero-order valence-corrected chi connectivity index (χ0v) is 13.6. The van der Waals surface area contributed by atoms with Gasteiger partial charge in [0, 0.05) is 34.9 Å². The molecule has 116 valence electrons. The summed E-state index contributed by atoms with van der Waals surface area (Å²) in [6.45, 7) is 1.09. The van der Waals surface area contributed by atoms with Gasteiger partial charge in [-0.05, 0) is 43.1 Å². The zero-order valence-electron chi connectivity index (χ0n) is 12.8. The molecule has 2 aliphatic rings. The summed E-state index contributed by atoms with van der Waals surface area (Å²) in [5.41, 5.74) is 1.50. The van der Waals surface area contributed by atoms with Crippen molar-refractivity contribution in [2.45, 2.75) is 50.5 Å². The summed E-state index contributed by atoms with van der Waals surface area (Å²) in [5.74, 6) is 3.27. The molecule has 1 saturated carbocycles. The van der Waals surface area contributed by atoms with Gasteiger partial charge in [-0.25, -0.2) is 0 Å². The van der Waals surface area contributed by atoms with Crippen molar-refractivity contribution < 1.29 is 4.21 Å². The summed E-state index contributed by atoms with van der Waals surface area (Å²) < 4.78 is 11.5. The molecule has 1 heterocycles. The van der Waals surface area contributed by atoms with Gasteiger partial charge in [0.25, 0.3) is 0 Å². The van der Waals surface area contributed by atoms with Gasteiger partial charge in [-0.3, -0.25) is 4.21 Å². The minimum absolute atomic E-state index is 0.553. The van der Waals surface area contributed by atoms with E-state index in [0.717, 1.165) is 36.8 Å². The predicted octanol–water partition coefficient (Wildman–Crippen LogP) is 3.46. The summed E-state index contributed by atoms with van der Waals surface area (Å²) in [4.78, 5) is 0. The van der Waals surface area contributed by atoms with Crippen molar-refractivity contribution in [3.63, 3.8) is 0 Å². The van der Waals surface area contributed by atoms with Crippen molar-refractivity contribution in [1.29, 1.82) is 0 Å². The van der Waals surface area contributed by atoms with Gasteiger partial charge in [0.15, 0.2) is 0 Å². The first kappa shape index (κ1) is 15.2. The lowest BCUT2D eigenvalue weighted by atomic mass is 9.84. The summed E-state index contributed by atoms with van der Waals surface area (Å²) >= 11 is 0. The third-order valence-corrected chi connectivity index (χ3v) is 6.59. The Morgan fingerprint density at radius 1 is 1.05 bits per heavy atom. The van der Waals surface area contributed by atoms with Crippen LogP contribution in [0.3, 0.4) is 0 Å². The molecule has 0 spiro atoms. The van der Waals surface area contributed by atoms with Crippen LogP contribution in [0.4, 0.5) is 0 Å². The summed E-state index contributed by atoms with van der Waals surface area (Å²) in [7, 11) is -0.553. The average molecular weight is 305 g/mol. The molecule has 1 aromatic rings. The van der Waals surface area contributed by atoms with Crippen LogP contribution in [0.15, 0.2) is 30.3 Å². The van der Waals surface area contributed by atoms with E-state index in [2.05, 4.69) is 35.6 Å². The highest BCUT2D eigenvalue weighted by Crippen LogP contribution is 2.37. The summed E-state index contributed by atoms with van der Waals surface area (Å²) in [6, 6.07) is 11.6. The van der Waals surface area contributed by atoms with Crippen LogP contribution in [0.25, 0.3) is 0 Å². The van der Waals surface area contributed by atoms with Gasteiger partial charge < -0.3 is 5.32 Å². The van der Waals surface area contributed by atoms with Crippen LogP contribution in [0.1, 0.15) is 50.0 Å². The normalized spacial score (nSPS) is 28.6. The minimum atomic E-state index is -0.553. The highest BCUT2D eigenvalue weighted by Gasteiger charge is 2.27. The van der Waals surface area contributed by atoms with Crippen LogP contribution in [0.2, 0.25) is 0 Å². The largest absolute Gasteiger partial charge is 0.313 e. The van der Waals surface area contributed by atoms with Crippen molar-refractivity contribution in [2.24, 2.45) is 5.92 Å². The number of rotatable bonds is 5. The van der Waals surface area contributed by atoms with E-state index < -0.39 is 10.8 Å². The van der Waals surface area contributed by atoms with Crippen molar-refractivity contribution >= 4 is 10.8 Å². The van der Waals surface area contributed by atoms with Crippen LogP contribution in [-0.2, 0) is 10.8 Å². The molecule has 1 aliphatic carbocycles. The van der Waals surface area contributed by atoms with Crippen LogP contribution in [0.5, 0.6) is 0 Å². The Hall–Kier alpha value is -0.670. The van der Waals surface area contributed by atoms with Crippen LogP contribution >= 0.6 is 0 Å². The Morgan fingerprint density at radius 2 is 1.71 bits per heavy atom. The molecule has 1 saturated heterocycles. The van der Waals surface area contributed by atoms with Gasteiger partial charge in [0.2, 0.25) is 0 Å². The van der Waals surface area contributed by atoms with E-state index in [9.17, 15) is 4.21 Å². The highest BCUT2D eigenvalue weighted by molar-refractivity contribution is 7.85. The Labute approximate surface area is 131 Å². The van der Waals surface area contributed by atoms with Crippen LogP contribution < -0.4 is 5.32 Å². The fourth-order valence-electron chi connectivity index (χ4n) is 3.91. The maximum atomic E-state index is 11.5. The van der Waals surface area contributed by atoms with E-state index in [1.54, 1.807) is 0 Å². The SMILES string of the molecule is O=S1CCC(NCC(c2ccccc2)C2CCCC2)CC1. The molecule has 0 aromatic heterocycles. The first-order chi connectivity index (χ1) is 10.3. The zero-order chi connectivity index (χ0) is 14.5. The van der Waals surface area contributed by atoms with Crippen molar-refractivity contribution in [3.05, 3.63) is 35.9 Å². The van der Waals surface area contributed by atoms with Gasteiger partial charge >= 0.3 is 0 Å². The van der Waals surface area contributed by atoms with E-state index in [1.807, 2.05) is 0 Å². The van der Waals surface area contributed by atoms with Crippen molar-refractivity contribution in [2.75, 3.05) is 18.1 Å². The molecule has 0 amide bonds. The Bertz CT molecular complexity index is 446. The fourth-order valence-corrected chi connectivity index (χ4v) is 5.21. The van der Waals surface area contributed by atoms with Crippen LogP contribution in [0, 0.1) is 5.92 Å². The molecule has 0 radical (unpaired) electrons. The molecule has 1 atom stereocenters. The number of benzene rings is 1. The molecule has 21 heavy (non-hydrogen) atoms. The van der Waals surface area contributed by atoms with E-state index >= 15 is 0 Å². The van der Waals surface area contributed by atoms with Crippen LogP contribution in [-0.4, -0.2) is 28.3 Å². The van der Waals surface area contributed by atoms with Crippen molar-refractivity contribution in [1.82, 2.24) is 5.32 Å². The molecule has 3 rings (SSSR count). The molecule has 2 fully saturated rings. The Morgan fingerprint density at radius 3 is 2.38 bits per heavy atom. The molecule has 1 aliphatic heterocycles. The smallest absolute Gasteiger partial charge is 0.0249 e.